The zero-order valence-electron chi connectivity index (χ0n) is 11.6. The average molecular weight is 306 g/mol. The second-order valence-electron chi connectivity index (χ2n) is 4.34. The molecule has 1 heterocycles. The van der Waals surface area contributed by atoms with Crippen molar-refractivity contribution >= 4 is 28.9 Å². The van der Waals surface area contributed by atoms with Crippen molar-refractivity contribution < 1.29 is 9.53 Å². The van der Waals surface area contributed by atoms with Crippen LogP contribution in [-0.2, 0) is 4.74 Å². The van der Waals surface area contributed by atoms with Gasteiger partial charge in [-0.25, -0.2) is 0 Å². The van der Waals surface area contributed by atoms with E-state index in [1.54, 1.807) is 43.6 Å². The van der Waals surface area contributed by atoms with Crippen molar-refractivity contribution in [3.8, 4) is 0 Å². The number of rotatable bonds is 6. The second-order valence-corrected chi connectivity index (χ2v) is 4.78. The molecule has 1 aromatic heterocycles. The van der Waals surface area contributed by atoms with E-state index in [4.69, 9.17) is 16.3 Å². The molecule has 0 unspecified atom stereocenters. The molecule has 5 nitrogen and oxygen atoms in total. The smallest absolute Gasteiger partial charge is 0.257 e. The molecule has 0 fully saturated rings. The zero-order chi connectivity index (χ0) is 15.1. The van der Waals surface area contributed by atoms with Crippen LogP contribution in [0.1, 0.15) is 10.4 Å². The van der Waals surface area contributed by atoms with Gasteiger partial charge in [-0.1, -0.05) is 11.6 Å². The van der Waals surface area contributed by atoms with Crippen LogP contribution in [-0.4, -0.2) is 31.2 Å². The first-order valence-corrected chi connectivity index (χ1v) is 6.81. The highest BCUT2D eigenvalue weighted by Gasteiger charge is 2.07. The van der Waals surface area contributed by atoms with Crippen molar-refractivity contribution in [3.05, 3.63) is 53.3 Å². The van der Waals surface area contributed by atoms with Crippen LogP contribution in [0.4, 0.5) is 11.4 Å². The van der Waals surface area contributed by atoms with Crippen LogP contribution in [0.2, 0.25) is 5.02 Å². The highest BCUT2D eigenvalue weighted by molar-refractivity contribution is 6.30. The van der Waals surface area contributed by atoms with Crippen LogP contribution in [0.15, 0.2) is 42.7 Å². The van der Waals surface area contributed by atoms with Gasteiger partial charge in [-0.15, -0.1) is 0 Å². The standard InChI is InChI=1S/C15H16ClN3O2/c1-21-7-6-18-14-8-11(9-17-10-14)15(20)19-13-4-2-12(16)3-5-13/h2-5,8-10,18H,6-7H2,1H3,(H,19,20). The summed E-state index contributed by atoms with van der Waals surface area (Å²) in [4.78, 5) is 16.2. The van der Waals surface area contributed by atoms with Gasteiger partial charge in [0.25, 0.3) is 5.91 Å². The summed E-state index contributed by atoms with van der Waals surface area (Å²) >= 11 is 5.81. The molecule has 6 heteroatoms. The number of methoxy groups -OCH3 is 1. The lowest BCUT2D eigenvalue weighted by Crippen LogP contribution is -2.13. The maximum absolute atomic E-state index is 12.1. The largest absolute Gasteiger partial charge is 0.383 e. The third kappa shape index (κ3) is 4.73. The van der Waals surface area contributed by atoms with E-state index in [-0.39, 0.29) is 5.91 Å². The molecular weight excluding hydrogens is 290 g/mol. The molecule has 1 aromatic carbocycles. The fourth-order valence-electron chi connectivity index (χ4n) is 1.69. The average Bonchev–Trinajstić information content (AvgIpc) is 2.50. The summed E-state index contributed by atoms with van der Waals surface area (Å²) in [5, 5.41) is 6.54. The molecule has 2 N–H and O–H groups in total. The van der Waals surface area contributed by atoms with E-state index in [0.29, 0.717) is 29.4 Å². The van der Waals surface area contributed by atoms with Gasteiger partial charge in [0.1, 0.15) is 0 Å². The van der Waals surface area contributed by atoms with Gasteiger partial charge in [0.15, 0.2) is 0 Å². The lowest BCUT2D eigenvalue weighted by molar-refractivity contribution is 0.102. The summed E-state index contributed by atoms with van der Waals surface area (Å²) in [5.74, 6) is -0.222. The van der Waals surface area contributed by atoms with Crippen molar-refractivity contribution in [1.82, 2.24) is 4.98 Å². The number of carbonyl (C=O) groups is 1. The van der Waals surface area contributed by atoms with Gasteiger partial charge in [-0.3, -0.25) is 9.78 Å². The Morgan fingerprint density at radius 3 is 2.71 bits per heavy atom. The first-order valence-electron chi connectivity index (χ1n) is 6.44. The summed E-state index contributed by atoms with van der Waals surface area (Å²) in [6, 6.07) is 8.67. The minimum atomic E-state index is -0.222. The number of anilines is 2. The maximum Gasteiger partial charge on any atom is 0.257 e. The third-order valence-electron chi connectivity index (χ3n) is 2.74. The number of amides is 1. The Hall–Kier alpha value is -2.11. The monoisotopic (exact) mass is 305 g/mol. The first kappa shape index (κ1) is 15.3. The maximum atomic E-state index is 12.1. The first-order chi connectivity index (χ1) is 10.2. The number of benzene rings is 1. The summed E-state index contributed by atoms with van der Waals surface area (Å²) < 4.78 is 4.96. The van der Waals surface area contributed by atoms with Crippen molar-refractivity contribution in [3.63, 3.8) is 0 Å². The Kier molecular flexibility index (Phi) is 5.54. The SMILES string of the molecule is COCCNc1cncc(C(=O)Nc2ccc(Cl)cc2)c1. The highest BCUT2D eigenvalue weighted by atomic mass is 35.5. The van der Waals surface area contributed by atoms with E-state index in [0.717, 1.165) is 5.69 Å². The number of hydrogen-bond acceptors (Lipinski definition) is 4. The number of nitrogens with one attached hydrogen (secondary N) is 2. The topological polar surface area (TPSA) is 63.2 Å². The molecule has 0 spiro atoms. The van der Waals surface area contributed by atoms with Gasteiger partial charge < -0.3 is 15.4 Å². The molecule has 2 rings (SSSR count). The number of carbonyl (C=O) groups excluding carboxylic acids is 1. The fourth-order valence-corrected chi connectivity index (χ4v) is 1.82. The molecular formula is C15H16ClN3O2. The summed E-state index contributed by atoms with van der Waals surface area (Å²) in [6.07, 6.45) is 3.18. The van der Waals surface area contributed by atoms with Crippen molar-refractivity contribution in [2.45, 2.75) is 0 Å². The van der Waals surface area contributed by atoms with E-state index < -0.39 is 0 Å². The Morgan fingerprint density at radius 2 is 2.00 bits per heavy atom. The Morgan fingerprint density at radius 1 is 1.24 bits per heavy atom. The van der Waals surface area contributed by atoms with Crippen LogP contribution in [0.3, 0.4) is 0 Å². The van der Waals surface area contributed by atoms with Crippen LogP contribution in [0.5, 0.6) is 0 Å². The molecule has 2 aromatic rings. The lowest BCUT2D eigenvalue weighted by Gasteiger charge is -2.08. The van der Waals surface area contributed by atoms with E-state index >= 15 is 0 Å². The number of pyridine rings is 1. The predicted octanol–water partition coefficient (Wildman–Crippen LogP) is 3.05. The summed E-state index contributed by atoms with van der Waals surface area (Å²) in [7, 11) is 1.63. The van der Waals surface area contributed by atoms with Gasteiger partial charge in [-0.05, 0) is 30.3 Å². The van der Waals surface area contributed by atoms with E-state index in [1.807, 2.05) is 0 Å². The molecule has 0 saturated heterocycles. The number of aromatic nitrogens is 1. The fraction of sp³-hybridized carbons (Fsp3) is 0.200. The number of halogens is 1. The van der Waals surface area contributed by atoms with Gasteiger partial charge in [0.2, 0.25) is 0 Å². The molecule has 0 aliphatic rings. The molecule has 110 valence electrons. The molecule has 0 aliphatic heterocycles. The van der Waals surface area contributed by atoms with Gasteiger partial charge in [0, 0.05) is 36.8 Å². The molecule has 21 heavy (non-hydrogen) atoms. The van der Waals surface area contributed by atoms with E-state index in [9.17, 15) is 4.79 Å². The molecule has 0 aliphatic carbocycles. The van der Waals surface area contributed by atoms with Crippen molar-refractivity contribution in [2.75, 3.05) is 30.9 Å². The van der Waals surface area contributed by atoms with Crippen LogP contribution >= 0.6 is 11.6 Å². The lowest BCUT2D eigenvalue weighted by atomic mass is 10.2. The van der Waals surface area contributed by atoms with Gasteiger partial charge in [0.05, 0.1) is 17.9 Å². The number of nitrogens with zero attached hydrogens (tertiary/aromatic N) is 1. The van der Waals surface area contributed by atoms with Crippen LogP contribution < -0.4 is 10.6 Å². The normalized spacial score (nSPS) is 10.2. The molecule has 0 radical (unpaired) electrons. The van der Waals surface area contributed by atoms with E-state index in [1.165, 1.54) is 6.20 Å². The van der Waals surface area contributed by atoms with E-state index in [2.05, 4.69) is 15.6 Å². The minimum absolute atomic E-state index is 0.222. The second kappa shape index (κ2) is 7.61. The van der Waals surface area contributed by atoms with Crippen LogP contribution in [0.25, 0.3) is 0 Å². The minimum Gasteiger partial charge on any atom is -0.383 e. The third-order valence-corrected chi connectivity index (χ3v) is 2.99. The van der Waals surface area contributed by atoms with Gasteiger partial charge >= 0.3 is 0 Å². The summed E-state index contributed by atoms with van der Waals surface area (Å²) in [5.41, 5.74) is 1.94. The molecule has 0 saturated carbocycles. The highest BCUT2D eigenvalue weighted by Crippen LogP contribution is 2.15. The summed E-state index contributed by atoms with van der Waals surface area (Å²) in [6.45, 7) is 1.24. The van der Waals surface area contributed by atoms with Gasteiger partial charge in [-0.2, -0.15) is 0 Å². The zero-order valence-corrected chi connectivity index (χ0v) is 12.4. The van der Waals surface area contributed by atoms with Crippen LogP contribution in [0, 0.1) is 0 Å². The Labute approximate surface area is 128 Å². The number of hydrogen-bond donors (Lipinski definition) is 2. The molecule has 0 bridgehead atoms. The molecule has 0 atom stereocenters. The Bertz CT molecular complexity index is 602. The number of ether oxygens (including phenoxy) is 1. The quantitative estimate of drug-likeness (QED) is 0.805. The van der Waals surface area contributed by atoms with Crippen molar-refractivity contribution in [1.29, 1.82) is 0 Å². The Balaban J connectivity index is 2.01. The van der Waals surface area contributed by atoms with Crippen molar-refractivity contribution in [2.24, 2.45) is 0 Å². The predicted molar refractivity (Wildman–Crippen MR) is 84.0 cm³/mol. The molecule has 1 amide bonds.